The summed E-state index contributed by atoms with van der Waals surface area (Å²) >= 11 is 6.10. The normalized spacial score (nSPS) is 14.9. The van der Waals surface area contributed by atoms with Gasteiger partial charge in [-0.2, -0.15) is 5.10 Å². The zero-order valence-corrected chi connectivity index (χ0v) is 9.54. The molecule has 1 aliphatic heterocycles. The standard InChI is InChI=1S/C11H11ClN4/c1-16-6-10-9(7-4-13-14-5-7)2-8(12)3-11(10)15-16/h2-5,15H,6H2,1H3,(H,13,14). The lowest BCUT2D eigenvalue weighted by Crippen LogP contribution is -2.16. The number of rotatable bonds is 1. The van der Waals surface area contributed by atoms with Crippen LogP contribution in [0.1, 0.15) is 5.56 Å². The predicted octanol–water partition coefficient (Wildman–Crippen LogP) is 2.50. The van der Waals surface area contributed by atoms with Gasteiger partial charge in [-0.1, -0.05) is 11.6 Å². The highest BCUT2D eigenvalue weighted by Crippen LogP contribution is 2.36. The van der Waals surface area contributed by atoms with Crippen molar-refractivity contribution in [3.8, 4) is 11.1 Å². The van der Waals surface area contributed by atoms with Gasteiger partial charge in [0.25, 0.3) is 0 Å². The van der Waals surface area contributed by atoms with Crippen molar-refractivity contribution in [1.82, 2.24) is 15.2 Å². The van der Waals surface area contributed by atoms with Crippen LogP contribution in [0.5, 0.6) is 0 Å². The van der Waals surface area contributed by atoms with Gasteiger partial charge in [0.1, 0.15) is 0 Å². The molecule has 4 nitrogen and oxygen atoms in total. The van der Waals surface area contributed by atoms with E-state index < -0.39 is 0 Å². The average Bonchev–Trinajstić information content (AvgIpc) is 2.83. The largest absolute Gasteiger partial charge is 0.318 e. The van der Waals surface area contributed by atoms with Crippen LogP contribution in [0.4, 0.5) is 5.69 Å². The molecule has 82 valence electrons. The molecule has 0 radical (unpaired) electrons. The molecule has 5 heteroatoms. The number of aromatic nitrogens is 2. The van der Waals surface area contributed by atoms with Crippen LogP contribution in [-0.4, -0.2) is 22.3 Å². The Hall–Kier alpha value is -1.52. The molecule has 16 heavy (non-hydrogen) atoms. The van der Waals surface area contributed by atoms with Crippen molar-refractivity contribution in [3.05, 3.63) is 35.1 Å². The van der Waals surface area contributed by atoms with Crippen molar-refractivity contribution in [2.24, 2.45) is 0 Å². The van der Waals surface area contributed by atoms with Crippen molar-refractivity contribution in [2.45, 2.75) is 6.54 Å². The highest BCUT2D eigenvalue weighted by Gasteiger charge is 2.20. The SMILES string of the molecule is CN1Cc2c(cc(Cl)cc2-c2cn[nH]c2)N1. The van der Waals surface area contributed by atoms with E-state index >= 15 is 0 Å². The zero-order chi connectivity index (χ0) is 11.1. The highest BCUT2D eigenvalue weighted by molar-refractivity contribution is 6.31. The number of aromatic amines is 1. The number of nitrogens with zero attached hydrogens (tertiary/aromatic N) is 2. The topological polar surface area (TPSA) is 44.0 Å². The molecule has 1 aromatic carbocycles. The monoisotopic (exact) mass is 234 g/mol. The first-order valence-corrected chi connectivity index (χ1v) is 5.41. The molecule has 1 aliphatic rings. The fraction of sp³-hybridized carbons (Fsp3) is 0.182. The first-order valence-electron chi connectivity index (χ1n) is 5.03. The van der Waals surface area contributed by atoms with Gasteiger partial charge in [-0.3, -0.25) is 5.10 Å². The molecule has 0 atom stereocenters. The average molecular weight is 235 g/mol. The molecule has 0 bridgehead atoms. The third kappa shape index (κ3) is 1.47. The van der Waals surface area contributed by atoms with Crippen molar-refractivity contribution in [3.63, 3.8) is 0 Å². The van der Waals surface area contributed by atoms with Crippen molar-refractivity contribution >= 4 is 17.3 Å². The molecule has 0 saturated carbocycles. The zero-order valence-electron chi connectivity index (χ0n) is 8.79. The Morgan fingerprint density at radius 2 is 2.31 bits per heavy atom. The summed E-state index contributed by atoms with van der Waals surface area (Å²) in [6.45, 7) is 0.868. The molecule has 1 aromatic heterocycles. The Bertz CT molecular complexity index is 521. The number of anilines is 1. The summed E-state index contributed by atoms with van der Waals surface area (Å²) in [7, 11) is 2.01. The fourth-order valence-electron chi connectivity index (χ4n) is 2.04. The highest BCUT2D eigenvalue weighted by atomic mass is 35.5. The molecule has 0 aliphatic carbocycles. The second-order valence-electron chi connectivity index (χ2n) is 3.93. The van der Waals surface area contributed by atoms with E-state index in [-0.39, 0.29) is 0 Å². The van der Waals surface area contributed by atoms with Crippen LogP contribution in [0.3, 0.4) is 0 Å². The summed E-state index contributed by atoms with van der Waals surface area (Å²) in [4.78, 5) is 0. The molecule has 0 fully saturated rings. The smallest absolute Gasteiger partial charge is 0.0565 e. The Morgan fingerprint density at radius 3 is 3.06 bits per heavy atom. The number of nitrogens with one attached hydrogen (secondary N) is 2. The molecule has 2 aromatic rings. The number of benzene rings is 1. The summed E-state index contributed by atoms with van der Waals surface area (Å²) in [5.41, 5.74) is 7.79. The van der Waals surface area contributed by atoms with Crippen LogP contribution < -0.4 is 5.43 Å². The molecule has 2 N–H and O–H groups in total. The van der Waals surface area contributed by atoms with Crippen LogP contribution in [-0.2, 0) is 6.54 Å². The molecule has 3 rings (SSSR count). The summed E-state index contributed by atoms with van der Waals surface area (Å²) in [6.07, 6.45) is 3.69. The third-order valence-corrected chi connectivity index (χ3v) is 2.95. The molecule has 0 saturated heterocycles. The molecule has 2 heterocycles. The van der Waals surface area contributed by atoms with E-state index in [0.29, 0.717) is 0 Å². The second kappa shape index (κ2) is 3.50. The Kier molecular flexibility index (Phi) is 2.12. The first kappa shape index (κ1) is 9.69. The second-order valence-corrected chi connectivity index (χ2v) is 4.37. The minimum Gasteiger partial charge on any atom is -0.318 e. The van der Waals surface area contributed by atoms with Gasteiger partial charge in [-0.05, 0) is 17.7 Å². The van der Waals surface area contributed by atoms with Crippen LogP contribution in [0.2, 0.25) is 5.02 Å². The van der Waals surface area contributed by atoms with Crippen LogP contribution in [0.25, 0.3) is 11.1 Å². The molecule has 0 amide bonds. The van der Waals surface area contributed by atoms with E-state index in [0.717, 1.165) is 28.4 Å². The summed E-state index contributed by atoms with van der Waals surface area (Å²) in [5, 5.41) is 9.56. The maximum absolute atomic E-state index is 6.10. The van der Waals surface area contributed by atoms with Crippen LogP contribution in [0, 0.1) is 0 Å². The lowest BCUT2D eigenvalue weighted by Gasteiger charge is -2.06. The van der Waals surface area contributed by atoms with Gasteiger partial charge < -0.3 is 5.43 Å². The van der Waals surface area contributed by atoms with E-state index in [1.54, 1.807) is 0 Å². The van der Waals surface area contributed by atoms with E-state index in [2.05, 4.69) is 15.6 Å². The Balaban J connectivity index is 2.19. The van der Waals surface area contributed by atoms with Gasteiger partial charge in [0, 0.05) is 35.9 Å². The van der Waals surface area contributed by atoms with E-state index in [1.807, 2.05) is 36.6 Å². The van der Waals surface area contributed by atoms with E-state index in [4.69, 9.17) is 11.6 Å². The lowest BCUT2D eigenvalue weighted by molar-refractivity contribution is 0.423. The predicted molar refractivity (Wildman–Crippen MR) is 64.1 cm³/mol. The quantitative estimate of drug-likeness (QED) is 0.797. The van der Waals surface area contributed by atoms with Gasteiger partial charge in [0.05, 0.1) is 11.9 Å². The summed E-state index contributed by atoms with van der Waals surface area (Å²) in [6, 6.07) is 3.93. The van der Waals surface area contributed by atoms with Crippen LogP contribution in [0.15, 0.2) is 24.5 Å². The number of fused-ring (bicyclic) bond motifs is 1. The van der Waals surface area contributed by atoms with Crippen molar-refractivity contribution < 1.29 is 0 Å². The fourth-order valence-corrected chi connectivity index (χ4v) is 2.26. The minimum atomic E-state index is 0.734. The lowest BCUT2D eigenvalue weighted by atomic mass is 10.0. The van der Waals surface area contributed by atoms with E-state index in [9.17, 15) is 0 Å². The Morgan fingerprint density at radius 1 is 1.44 bits per heavy atom. The van der Waals surface area contributed by atoms with Gasteiger partial charge in [-0.25, -0.2) is 5.01 Å². The molecular weight excluding hydrogens is 224 g/mol. The van der Waals surface area contributed by atoms with Gasteiger partial charge in [-0.15, -0.1) is 0 Å². The maximum atomic E-state index is 6.10. The molecule has 0 unspecified atom stereocenters. The van der Waals surface area contributed by atoms with Crippen LogP contribution >= 0.6 is 11.6 Å². The molecular formula is C11H11ClN4. The number of halogens is 1. The molecule has 0 spiro atoms. The number of hydrogen-bond acceptors (Lipinski definition) is 3. The van der Waals surface area contributed by atoms with E-state index in [1.165, 1.54) is 5.56 Å². The van der Waals surface area contributed by atoms with Crippen molar-refractivity contribution in [1.29, 1.82) is 0 Å². The third-order valence-electron chi connectivity index (χ3n) is 2.73. The number of hydrogen-bond donors (Lipinski definition) is 2. The maximum Gasteiger partial charge on any atom is 0.0565 e. The number of H-pyrrole nitrogens is 1. The van der Waals surface area contributed by atoms with Gasteiger partial charge in [0.15, 0.2) is 0 Å². The van der Waals surface area contributed by atoms with Crippen molar-refractivity contribution in [2.75, 3.05) is 12.5 Å². The Labute approximate surface area is 98.2 Å². The van der Waals surface area contributed by atoms with Gasteiger partial charge in [0.2, 0.25) is 0 Å². The minimum absolute atomic E-state index is 0.734. The first-order chi connectivity index (χ1) is 7.74. The van der Waals surface area contributed by atoms with Gasteiger partial charge >= 0.3 is 0 Å². The number of hydrazine groups is 1. The summed E-state index contributed by atoms with van der Waals surface area (Å²) < 4.78 is 0. The summed E-state index contributed by atoms with van der Waals surface area (Å²) in [5.74, 6) is 0.